The number of alkyl carbamates (subject to hydrolysis) is 1. The van der Waals surface area contributed by atoms with Crippen LogP contribution in [0.25, 0.3) is 0 Å². The van der Waals surface area contributed by atoms with E-state index in [-0.39, 0.29) is 12.0 Å². The monoisotopic (exact) mass is 631 g/mol. The second-order valence-corrected chi connectivity index (χ2v) is 11.2. The van der Waals surface area contributed by atoms with Crippen LogP contribution < -0.4 is 31.9 Å². The fraction of sp³-hybridized carbons (Fsp3) is 0.786. The molecule has 0 saturated heterocycles. The first-order valence-corrected chi connectivity index (χ1v) is 15.1. The first-order valence-electron chi connectivity index (χ1n) is 15.1. The van der Waals surface area contributed by atoms with E-state index in [1.807, 2.05) is 5.32 Å². The summed E-state index contributed by atoms with van der Waals surface area (Å²) < 4.78 is 10.2. The molecule has 0 radical (unpaired) electrons. The van der Waals surface area contributed by atoms with Gasteiger partial charge in [0, 0.05) is 32.8 Å². The second kappa shape index (κ2) is 23.8. The van der Waals surface area contributed by atoms with Gasteiger partial charge in [0.25, 0.3) is 11.8 Å². The first-order chi connectivity index (χ1) is 20.7. The van der Waals surface area contributed by atoms with Crippen molar-refractivity contribution in [3.8, 4) is 0 Å². The van der Waals surface area contributed by atoms with Gasteiger partial charge in [0.15, 0.2) is 0 Å². The maximum Gasteiger partial charge on any atom is 0.414 e. The number of hydrogen-bond acceptors (Lipinski definition) is 9. The van der Waals surface area contributed by atoms with E-state index in [0.29, 0.717) is 39.0 Å². The number of carboxylic acid groups (broad SMARTS) is 2. The summed E-state index contributed by atoms with van der Waals surface area (Å²) in [5, 5.41) is 33.0. The molecule has 8 N–H and O–H groups in total. The minimum atomic E-state index is -1.35. The maximum atomic E-state index is 12.4. The molecular weight excluding hydrogens is 578 g/mol. The highest BCUT2D eigenvalue weighted by atomic mass is 16.6. The predicted molar refractivity (Wildman–Crippen MR) is 165 cm³/mol. The van der Waals surface area contributed by atoms with E-state index in [1.54, 1.807) is 27.7 Å². The van der Waals surface area contributed by atoms with Crippen molar-refractivity contribution in [3.05, 3.63) is 0 Å². The molecule has 2 unspecified atom stereocenters. The molecule has 254 valence electrons. The number of aliphatic imine (C=N–C) groups is 1. The molecular formula is C28H53N7O9. The Bertz CT molecular complexity index is 910. The standard InChI is InChI=1S/C28H53N7O9/c1-20(33-25(38)39)14-19-29-15-12-13-17-31-23(37)21(43-5)22(36)30-16-10-8-6-7-9-11-18-32-24(34-26(40)41)35-27(42)44-28(2,3)4/h20-21,29,33H,6-19H2,1-5H3,(H,30,36)(H,31,37)(H,38,39)(H,40,41)(H2,32,34,35,42). The molecule has 0 spiro atoms. The van der Waals surface area contributed by atoms with Crippen LogP contribution in [0, 0.1) is 0 Å². The lowest BCUT2D eigenvalue weighted by atomic mass is 10.1. The molecule has 0 fully saturated rings. The molecule has 0 rings (SSSR count). The molecule has 0 saturated carbocycles. The molecule has 0 heterocycles. The molecule has 16 nitrogen and oxygen atoms in total. The van der Waals surface area contributed by atoms with Gasteiger partial charge in [-0.3, -0.25) is 25.2 Å². The van der Waals surface area contributed by atoms with E-state index in [0.717, 1.165) is 51.5 Å². The van der Waals surface area contributed by atoms with Crippen LogP contribution in [-0.2, 0) is 19.1 Å². The lowest BCUT2D eigenvalue weighted by Crippen LogP contribution is -2.47. The van der Waals surface area contributed by atoms with Crippen LogP contribution in [0.1, 0.15) is 85.5 Å². The van der Waals surface area contributed by atoms with E-state index < -0.39 is 41.8 Å². The molecule has 0 bridgehead atoms. The number of guanidine groups is 1. The van der Waals surface area contributed by atoms with Crippen molar-refractivity contribution in [2.24, 2.45) is 4.99 Å². The minimum Gasteiger partial charge on any atom is -0.465 e. The Hall–Kier alpha value is -3.66. The van der Waals surface area contributed by atoms with E-state index >= 15 is 0 Å². The van der Waals surface area contributed by atoms with Crippen LogP contribution in [0.3, 0.4) is 0 Å². The summed E-state index contributed by atoms with van der Waals surface area (Å²) in [5.74, 6) is -1.16. The van der Waals surface area contributed by atoms with Crippen molar-refractivity contribution >= 4 is 36.1 Å². The molecule has 0 aliphatic carbocycles. The smallest absolute Gasteiger partial charge is 0.414 e. The minimum absolute atomic E-state index is 0.128. The zero-order valence-electron chi connectivity index (χ0n) is 26.8. The Morgan fingerprint density at radius 3 is 1.84 bits per heavy atom. The van der Waals surface area contributed by atoms with Gasteiger partial charge < -0.3 is 41.0 Å². The highest BCUT2D eigenvalue weighted by molar-refractivity contribution is 6.03. The van der Waals surface area contributed by atoms with E-state index in [1.165, 1.54) is 7.11 Å². The van der Waals surface area contributed by atoms with Gasteiger partial charge in [-0.1, -0.05) is 25.7 Å². The van der Waals surface area contributed by atoms with Crippen molar-refractivity contribution < 1.29 is 43.7 Å². The van der Waals surface area contributed by atoms with Gasteiger partial charge in [-0.25, -0.2) is 14.4 Å². The largest absolute Gasteiger partial charge is 0.465 e. The number of ether oxygens (including phenoxy) is 2. The molecule has 16 heteroatoms. The molecule has 0 aromatic carbocycles. The number of hydrogen-bond donors (Lipinski definition) is 8. The SMILES string of the molecule is COC(C(=O)NCCCCCCCCN=C(NC(=O)O)NC(=O)OC(C)(C)C)C(=O)NCCCCNCCC(C)NC(=O)O. The molecule has 2 atom stereocenters. The number of carbonyl (C=O) groups is 5. The number of unbranched alkanes of at least 4 members (excludes halogenated alkanes) is 6. The molecule has 0 aliphatic heterocycles. The fourth-order valence-electron chi connectivity index (χ4n) is 3.79. The van der Waals surface area contributed by atoms with E-state index in [2.05, 4.69) is 31.6 Å². The van der Waals surface area contributed by atoms with Crippen molar-refractivity contribution in [1.29, 1.82) is 0 Å². The van der Waals surface area contributed by atoms with Crippen molar-refractivity contribution in [2.45, 2.75) is 103 Å². The van der Waals surface area contributed by atoms with Crippen molar-refractivity contribution in [2.75, 3.05) is 39.8 Å². The van der Waals surface area contributed by atoms with Crippen LogP contribution >= 0.6 is 0 Å². The third-order valence-electron chi connectivity index (χ3n) is 5.91. The molecule has 0 aliphatic rings. The fourth-order valence-corrected chi connectivity index (χ4v) is 3.79. The third-order valence-corrected chi connectivity index (χ3v) is 5.91. The molecule has 0 aromatic heterocycles. The Morgan fingerprint density at radius 1 is 0.750 bits per heavy atom. The number of amides is 5. The summed E-state index contributed by atoms with van der Waals surface area (Å²) in [6.45, 7) is 9.45. The number of nitrogens with zero attached hydrogens (tertiary/aromatic N) is 1. The zero-order chi connectivity index (χ0) is 33.4. The quantitative estimate of drug-likeness (QED) is 0.0398. The summed E-state index contributed by atoms with van der Waals surface area (Å²) in [7, 11) is 1.31. The molecule has 5 amide bonds. The summed E-state index contributed by atoms with van der Waals surface area (Å²) in [5.41, 5.74) is -0.730. The lowest BCUT2D eigenvalue weighted by Gasteiger charge is -2.20. The van der Waals surface area contributed by atoms with Gasteiger partial charge in [-0.15, -0.1) is 0 Å². The highest BCUT2D eigenvalue weighted by Crippen LogP contribution is 2.07. The maximum absolute atomic E-state index is 12.4. The van der Waals surface area contributed by atoms with Crippen LogP contribution in [0.2, 0.25) is 0 Å². The van der Waals surface area contributed by atoms with Gasteiger partial charge in [-0.05, 0) is 72.9 Å². The van der Waals surface area contributed by atoms with Gasteiger partial charge in [-0.2, -0.15) is 0 Å². The number of rotatable bonds is 21. The van der Waals surface area contributed by atoms with Crippen LogP contribution in [0.4, 0.5) is 14.4 Å². The van der Waals surface area contributed by atoms with Crippen LogP contribution in [-0.4, -0.2) is 104 Å². The van der Waals surface area contributed by atoms with Crippen LogP contribution in [0.15, 0.2) is 4.99 Å². The number of methoxy groups -OCH3 is 1. The predicted octanol–water partition coefficient (Wildman–Crippen LogP) is 2.14. The van der Waals surface area contributed by atoms with E-state index in [4.69, 9.17) is 19.7 Å². The van der Waals surface area contributed by atoms with Gasteiger partial charge in [0.2, 0.25) is 12.1 Å². The summed E-state index contributed by atoms with van der Waals surface area (Å²) in [6, 6.07) is -0.128. The van der Waals surface area contributed by atoms with E-state index in [9.17, 15) is 24.0 Å². The van der Waals surface area contributed by atoms with Crippen molar-refractivity contribution in [3.63, 3.8) is 0 Å². The van der Waals surface area contributed by atoms with Crippen LogP contribution in [0.5, 0.6) is 0 Å². The average molecular weight is 632 g/mol. The zero-order valence-corrected chi connectivity index (χ0v) is 26.8. The average Bonchev–Trinajstić information content (AvgIpc) is 2.89. The second-order valence-electron chi connectivity index (χ2n) is 11.2. The third kappa shape index (κ3) is 23.9. The Morgan fingerprint density at radius 2 is 1.30 bits per heavy atom. The molecule has 44 heavy (non-hydrogen) atoms. The topological polar surface area (TPSA) is 229 Å². The van der Waals surface area contributed by atoms with Gasteiger partial charge in [0.05, 0.1) is 0 Å². The summed E-state index contributed by atoms with van der Waals surface area (Å²) >= 11 is 0. The number of nitrogens with one attached hydrogen (secondary N) is 6. The lowest BCUT2D eigenvalue weighted by molar-refractivity contribution is -0.143. The Labute approximate surface area is 259 Å². The Kier molecular flexibility index (Phi) is 21.8. The normalized spacial score (nSPS) is 12.9. The van der Waals surface area contributed by atoms with Gasteiger partial charge in [0.1, 0.15) is 5.60 Å². The Balaban J connectivity index is 4.02. The van der Waals surface area contributed by atoms with Gasteiger partial charge >= 0.3 is 18.3 Å². The summed E-state index contributed by atoms with van der Waals surface area (Å²) in [6.07, 6.45) is 2.83. The first kappa shape index (κ1) is 40.3. The van der Waals surface area contributed by atoms with Crippen molar-refractivity contribution in [1.82, 2.24) is 31.9 Å². The summed E-state index contributed by atoms with van der Waals surface area (Å²) in [4.78, 5) is 62.2. The molecule has 0 aromatic rings. The highest BCUT2D eigenvalue weighted by Gasteiger charge is 2.25. The number of carbonyl (C=O) groups excluding carboxylic acids is 3.